The van der Waals surface area contributed by atoms with Gasteiger partial charge in [0, 0.05) is 12.6 Å². The lowest BCUT2D eigenvalue weighted by Crippen LogP contribution is -2.32. The zero-order valence-electron chi connectivity index (χ0n) is 13.1. The van der Waals surface area contributed by atoms with E-state index in [9.17, 15) is 9.90 Å². The average Bonchev–Trinajstić information content (AvgIpc) is 2.53. The lowest BCUT2D eigenvalue weighted by molar-refractivity contribution is -0.116. The van der Waals surface area contributed by atoms with Crippen molar-refractivity contribution in [3.8, 4) is 5.75 Å². The molecule has 4 nitrogen and oxygen atoms in total. The first kappa shape index (κ1) is 16.6. The van der Waals surface area contributed by atoms with Crippen molar-refractivity contribution >= 4 is 12.0 Å². The van der Waals surface area contributed by atoms with Gasteiger partial charge in [0.15, 0.2) is 0 Å². The van der Waals surface area contributed by atoms with E-state index in [0.717, 1.165) is 37.0 Å². The third-order valence-corrected chi connectivity index (χ3v) is 3.94. The predicted octanol–water partition coefficient (Wildman–Crippen LogP) is 2.77. The molecule has 4 heteroatoms. The zero-order chi connectivity index (χ0) is 15.8. The summed E-state index contributed by atoms with van der Waals surface area (Å²) in [6.07, 6.45) is 6.96. The van der Waals surface area contributed by atoms with Crippen LogP contribution in [-0.2, 0) is 4.79 Å². The second kappa shape index (κ2) is 8.59. The van der Waals surface area contributed by atoms with Crippen LogP contribution in [0.1, 0.15) is 38.2 Å². The van der Waals surface area contributed by atoms with Crippen molar-refractivity contribution in [2.45, 2.75) is 38.7 Å². The molecular weight excluding hydrogens is 278 g/mol. The topological polar surface area (TPSA) is 58.6 Å². The van der Waals surface area contributed by atoms with Gasteiger partial charge >= 0.3 is 0 Å². The Hall–Kier alpha value is -1.81. The van der Waals surface area contributed by atoms with Crippen molar-refractivity contribution in [2.24, 2.45) is 5.92 Å². The Morgan fingerprint density at radius 3 is 2.82 bits per heavy atom. The van der Waals surface area contributed by atoms with E-state index in [2.05, 4.69) is 5.32 Å². The van der Waals surface area contributed by atoms with Gasteiger partial charge in [0.25, 0.3) is 0 Å². The predicted molar refractivity (Wildman–Crippen MR) is 87.6 cm³/mol. The van der Waals surface area contributed by atoms with Crippen LogP contribution in [0.3, 0.4) is 0 Å². The van der Waals surface area contributed by atoms with E-state index in [1.165, 1.54) is 0 Å². The zero-order valence-corrected chi connectivity index (χ0v) is 13.1. The number of aliphatic hydroxyl groups is 1. The van der Waals surface area contributed by atoms with Crippen LogP contribution in [0.4, 0.5) is 0 Å². The molecule has 2 unspecified atom stereocenters. The molecule has 22 heavy (non-hydrogen) atoms. The molecule has 2 atom stereocenters. The molecule has 2 N–H and O–H groups in total. The number of hydrogen-bond donors (Lipinski definition) is 2. The van der Waals surface area contributed by atoms with Crippen LogP contribution in [0, 0.1) is 5.92 Å². The molecule has 120 valence electrons. The number of hydrogen-bond acceptors (Lipinski definition) is 3. The molecule has 1 aliphatic rings. The van der Waals surface area contributed by atoms with E-state index in [-0.39, 0.29) is 12.0 Å². The second-order valence-electron chi connectivity index (χ2n) is 5.77. The van der Waals surface area contributed by atoms with Crippen LogP contribution in [-0.4, -0.2) is 30.3 Å². The molecule has 0 aromatic heterocycles. The molecule has 1 amide bonds. The van der Waals surface area contributed by atoms with Crippen molar-refractivity contribution in [3.63, 3.8) is 0 Å². The Labute approximate surface area is 132 Å². The number of rotatable bonds is 6. The fourth-order valence-electron chi connectivity index (χ4n) is 2.77. The highest BCUT2D eigenvalue weighted by atomic mass is 16.5. The van der Waals surface area contributed by atoms with Gasteiger partial charge in [-0.3, -0.25) is 4.79 Å². The first-order valence-electron chi connectivity index (χ1n) is 8.04. The summed E-state index contributed by atoms with van der Waals surface area (Å²) < 4.78 is 5.38. The highest BCUT2D eigenvalue weighted by molar-refractivity contribution is 5.91. The van der Waals surface area contributed by atoms with Crippen molar-refractivity contribution in [1.29, 1.82) is 0 Å². The van der Waals surface area contributed by atoms with Gasteiger partial charge in [-0.15, -0.1) is 0 Å². The Morgan fingerprint density at radius 2 is 2.14 bits per heavy atom. The molecule has 1 aliphatic carbocycles. The van der Waals surface area contributed by atoms with E-state index >= 15 is 0 Å². The van der Waals surface area contributed by atoms with Crippen LogP contribution >= 0.6 is 0 Å². The lowest BCUT2D eigenvalue weighted by Gasteiger charge is -2.25. The first-order valence-corrected chi connectivity index (χ1v) is 8.04. The molecule has 0 heterocycles. The number of amides is 1. The third-order valence-electron chi connectivity index (χ3n) is 3.94. The largest absolute Gasteiger partial charge is 0.494 e. The molecule has 0 aliphatic heterocycles. The summed E-state index contributed by atoms with van der Waals surface area (Å²) in [5, 5.41) is 12.5. The van der Waals surface area contributed by atoms with Gasteiger partial charge in [0.05, 0.1) is 12.7 Å². The van der Waals surface area contributed by atoms with Gasteiger partial charge in [0.2, 0.25) is 5.91 Å². The fourth-order valence-corrected chi connectivity index (χ4v) is 2.77. The Kier molecular flexibility index (Phi) is 6.46. The van der Waals surface area contributed by atoms with Gasteiger partial charge in [0.1, 0.15) is 5.75 Å². The van der Waals surface area contributed by atoms with E-state index in [1.807, 2.05) is 31.2 Å². The minimum Gasteiger partial charge on any atom is -0.494 e. The van der Waals surface area contributed by atoms with Gasteiger partial charge in [-0.25, -0.2) is 0 Å². The third kappa shape index (κ3) is 5.53. The average molecular weight is 303 g/mol. The Morgan fingerprint density at radius 1 is 1.36 bits per heavy atom. The van der Waals surface area contributed by atoms with E-state index in [4.69, 9.17) is 4.74 Å². The Balaban J connectivity index is 1.76. The number of nitrogens with one attached hydrogen (secondary N) is 1. The first-order chi connectivity index (χ1) is 10.7. The van der Waals surface area contributed by atoms with Crippen molar-refractivity contribution < 1.29 is 14.6 Å². The second-order valence-corrected chi connectivity index (χ2v) is 5.77. The van der Waals surface area contributed by atoms with Crippen molar-refractivity contribution in [3.05, 3.63) is 35.9 Å². The van der Waals surface area contributed by atoms with E-state index < -0.39 is 0 Å². The molecule has 0 bridgehead atoms. The summed E-state index contributed by atoms with van der Waals surface area (Å²) >= 11 is 0. The molecule has 1 aromatic rings. The van der Waals surface area contributed by atoms with E-state index in [1.54, 1.807) is 12.2 Å². The maximum absolute atomic E-state index is 11.8. The SMILES string of the molecule is CCOc1ccc(C=CC(=O)NCC2CCCC(O)C2)cc1. The van der Waals surface area contributed by atoms with Gasteiger partial charge in [-0.05, 0) is 55.9 Å². The fraction of sp³-hybridized carbons (Fsp3) is 0.500. The molecule has 1 fully saturated rings. The summed E-state index contributed by atoms with van der Waals surface area (Å²) in [5.41, 5.74) is 0.965. The highest BCUT2D eigenvalue weighted by Crippen LogP contribution is 2.23. The molecule has 0 radical (unpaired) electrons. The normalized spacial score (nSPS) is 21.7. The van der Waals surface area contributed by atoms with Crippen LogP contribution in [0.25, 0.3) is 6.08 Å². The number of carbonyl (C=O) groups excluding carboxylic acids is 1. The molecule has 0 spiro atoms. The van der Waals surface area contributed by atoms with Crippen LogP contribution in [0.5, 0.6) is 5.75 Å². The summed E-state index contributed by atoms with van der Waals surface area (Å²) in [5.74, 6) is 1.14. The summed E-state index contributed by atoms with van der Waals surface area (Å²) in [6.45, 7) is 3.24. The lowest BCUT2D eigenvalue weighted by atomic mass is 9.87. The van der Waals surface area contributed by atoms with Crippen molar-refractivity contribution in [1.82, 2.24) is 5.32 Å². The number of ether oxygens (including phenoxy) is 1. The van der Waals surface area contributed by atoms with Gasteiger partial charge in [-0.2, -0.15) is 0 Å². The number of benzene rings is 1. The summed E-state index contributed by atoms with van der Waals surface area (Å²) in [4.78, 5) is 11.8. The summed E-state index contributed by atoms with van der Waals surface area (Å²) in [6, 6.07) is 7.63. The van der Waals surface area contributed by atoms with Crippen molar-refractivity contribution in [2.75, 3.05) is 13.2 Å². The minimum absolute atomic E-state index is 0.0889. The molecule has 1 aromatic carbocycles. The molecule has 1 saturated carbocycles. The quantitative estimate of drug-likeness (QED) is 0.795. The summed E-state index contributed by atoms with van der Waals surface area (Å²) in [7, 11) is 0. The maximum Gasteiger partial charge on any atom is 0.244 e. The van der Waals surface area contributed by atoms with Gasteiger partial charge < -0.3 is 15.2 Å². The molecular formula is C18H25NO3. The van der Waals surface area contributed by atoms with E-state index in [0.29, 0.717) is 19.1 Å². The number of carbonyl (C=O) groups is 1. The van der Waals surface area contributed by atoms with Crippen LogP contribution in [0.15, 0.2) is 30.3 Å². The maximum atomic E-state index is 11.8. The van der Waals surface area contributed by atoms with Gasteiger partial charge in [-0.1, -0.05) is 18.6 Å². The van der Waals surface area contributed by atoms with Crippen LogP contribution < -0.4 is 10.1 Å². The Bertz CT molecular complexity index is 496. The molecule has 0 saturated heterocycles. The number of aliphatic hydroxyl groups excluding tert-OH is 1. The highest BCUT2D eigenvalue weighted by Gasteiger charge is 2.19. The smallest absolute Gasteiger partial charge is 0.244 e. The van der Waals surface area contributed by atoms with Crippen LogP contribution in [0.2, 0.25) is 0 Å². The standard InChI is InChI=1S/C18H25NO3/c1-2-22-17-9-6-14(7-10-17)8-11-18(21)19-13-15-4-3-5-16(20)12-15/h6-11,15-16,20H,2-5,12-13H2,1H3,(H,19,21). The minimum atomic E-state index is -0.199. The monoisotopic (exact) mass is 303 g/mol. The molecule has 2 rings (SSSR count).